The Labute approximate surface area is 189 Å². The third kappa shape index (κ3) is 3.02. The van der Waals surface area contributed by atoms with E-state index in [-0.39, 0.29) is 28.3 Å². The summed E-state index contributed by atoms with van der Waals surface area (Å²) in [5.74, 6) is -0.485. The highest BCUT2D eigenvalue weighted by Crippen LogP contribution is 2.54. The fourth-order valence-corrected chi connectivity index (χ4v) is 5.41. The zero-order valence-electron chi connectivity index (χ0n) is 17.8. The van der Waals surface area contributed by atoms with E-state index in [1.165, 1.54) is 11.0 Å². The zero-order valence-corrected chi connectivity index (χ0v) is 18.5. The average molecular weight is 456 g/mol. The van der Waals surface area contributed by atoms with E-state index in [0.717, 1.165) is 24.8 Å². The number of hydrogen-bond acceptors (Lipinski definition) is 6. The highest BCUT2D eigenvalue weighted by atomic mass is 35.5. The zero-order chi connectivity index (χ0) is 22.6. The van der Waals surface area contributed by atoms with Gasteiger partial charge in [-0.05, 0) is 31.4 Å². The van der Waals surface area contributed by atoms with Gasteiger partial charge in [0.05, 0.1) is 29.0 Å². The van der Waals surface area contributed by atoms with Crippen molar-refractivity contribution in [3.8, 4) is 11.1 Å². The number of amides is 1. The summed E-state index contributed by atoms with van der Waals surface area (Å²) in [6.07, 6.45) is 7.50. The average Bonchev–Trinajstić information content (AvgIpc) is 3.50. The summed E-state index contributed by atoms with van der Waals surface area (Å²) in [5, 5.41) is 12.4. The first-order valence-corrected chi connectivity index (χ1v) is 10.8. The molecule has 1 aromatic carbocycles. The second kappa shape index (κ2) is 7.44. The lowest BCUT2D eigenvalue weighted by Gasteiger charge is -2.25. The molecule has 166 valence electrons. The van der Waals surface area contributed by atoms with Gasteiger partial charge in [-0.2, -0.15) is 15.0 Å². The Hall–Kier alpha value is -3.20. The van der Waals surface area contributed by atoms with Crippen LogP contribution in [0.1, 0.15) is 41.2 Å². The molecule has 10 heteroatoms. The molecule has 3 N–H and O–H groups in total. The molecule has 3 aromatic rings. The van der Waals surface area contributed by atoms with E-state index in [1.54, 1.807) is 43.5 Å². The molecule has 1 fully saturated rings. The number of carbonyl (C=O) groups excluding carboxylic acids is 1. The molecule has 0 unspecified atom stereocenters. The van der Waals surface area contributed by atoms with E-state index < -0.39 is 11.7 Å². The second-order valence-electron chi connectivity index (χ2n) is 8.68. The third-order valence-electron chi connectivity index (χ3n) is 6.57. The number of nitrogens with zero attached hydrogens (tertiary/aromatic N) is 5. The number of carbonyl (C=O) groups is 1. The molecular formula is C22H23ClFN7O. The number of anilines is 2. The third-order valence-corrected chi connectivity index (χ3v) is 6.96. The number of nitrogen functional groups attached to an aromatic ring is 1. The SMILES string of the molecule is CN(C)C(=O)c1c(N)ccc(-c2cnc3c(c2Cl)[C@@]2(CC[C@@H](n4nccn4)C2)CN3)c1F. The van der Waals surface area contributed by atoms with Gasteiger partial charge in [0, 0.05) is 54.6 Å². The van der Waals surface area contributed by atoms with Crippen LogP contribution in [0.5, 0.6) is 0 Å². The number of hydrogen-bond donors (Lipinski definition) is 2. The summed E-state index contributed by atoms with van der Waals surface area (Å²) < 4.78 is 15.5. The predicted molar refractivity (Wildman–Crippen MR) is 120 cm³/mol. The van der Waals surface area contributed by atoms with Crippen LogP contribution in [-0.4, -0.2) is 51.4 Å². The van der Waals surface area contributed by atoms with Crippen molar-refractivity contribution < 1.29 is 9.18 Å². The second-order valence-corrected chi connectivity index (χ2v) is 9.06. The predicted octanol–water partition coefficient (Wildman–Crippen LogP) is 3.51. The molecular weight excluding hydrogens is 433 g/mol. The van der Waals surface area contributed by atoms with Crippen LogP contribution in [0.25, 0.3) is 11.1 Å². The number of pyridine rings is 1. The number of halogens is 2. The maximum absolute atomic E-state index is 15.5. The van der Waals surface area contributed by atoms with Gasteiger partial charge in [0.25, 0.3) is 5.91 Å². The fraction of sp³-hybridized carbons (Fsp3) is 0.364. The summed E-state index contributed by atoms with van der Waals surface area (Å²) in [5.41, 5.74) is 7.15. The van der Waals surface area contributed by atoms with Crippen molar-refractivity contribution in [2.75, 3.05) is 31.7 Å². The van der Waals surface area contributed by atoms with Crippen molar-refractivity contribution in [3.05, 3.63) is 52.7 Å². The van der Waals surface area contributed by atoms with Crippen molar-refractivity contribution in [2.24, 2.45) is 0 Å². The van der Waals surface area contributed by atoms with Crippen LogP contribution >= 0.6 is 11.6 Å². The Balaban J connectivity index is 1.60. The van der Waals surface area contributed by atoms with Gasteiger partial charge in [-0.3, -0.25) is 4.79 Å². The van der Waals surface area contributed by atoms with Gasteiger partial charge in [-0.1, -0.05) is 11.6 Å². The Kier molecular flexibility index (Phi) is 4.81. The smallest absolute Gasteiger partial charge is 0.258 e. The van der Waals surface area contributed by atoms with Gasteiger partial charge in [-0.25, -0.2) is 9.37 Å². The van der Waals surface area contributed by atoms with Gasteiger partial charge < -0.3 is 16.0 Å². The number of fused-ring (bicyclic) bond motifs is 2. The van der Waals surface area contributed by atoms with Crippen molar-refractivity contribution in [2.45, 2.75) is 30.7 Å². The van der Waals surface area contributed by atoms with Crippen LogP contribution in [0, 0.1) is 5.82 Å². The Morgan fingerprint density at radius 2 is 2.06 bits per heavy atom. The molecule has 2 aliphatic rings. The monoisotopic (exact) mass is 455 g/mol. The van der Waals surface area contributed by atoms with Gasteiger partial charge in [0.15, 0.2) is 0 Å². The van der Waals surface area contributed by atoms with Gasteiger partial charge in [0.1, 0.15) is 11.6 Å². The number of nitrogens with two attached hydrogens (primary N) is 1. The lowest BCUT2D eigenvalue weighted by atomic mass is 9.80. The largest absolute Gasteiger partial charge is 0.398 e. The molecule has 32 heavy (non-hydrogen) atoms. The van der Waals surface area contributed by atoms with Crippen LogP contribution in [0.4, 0.5) is 15.9 Å². The van der Waals surface area contributed by atoms with Crippen molar-refractivity contribution in [1.82, 2.24) is 24.9 Å². The Bertz CT molecular complexity index is 1210. The molecule has 2 atom stereocenters. The number of rotatable bonds is 3. The summed E-state index contributed by atoms with van der Waals surface area (Å²) >= 11 is 6.93. The van der Waals surface area contributed by atoms with Crippen LogP contribution in [0.15, 0.2) is 30.7 Å². The number of aromatic nitrogens is 4. The number of nitrogens with one attached hydrogen (secondary N) is 1. The Morgan fingerprint density at radius 1 is 1.31 bits per heavy atom. The highest BCUT2D eigenvalue weighted by Gasteiger charge is 2.48. The molecule has 1 amide bonds. The molecule has 3 heterocycles. The van der Waals surface area contributed by atoms with E-state index in [1.807, 2.05) is 0 Å². The lowest BCUT2D eigenvalue weighted by molar-refractivity contribution is 0.0824. The minimum atomic E-state index is -0.697. The standard InChI is InChI=1S/C22H23ClFN7O/c1-30(2)21(32)16-15(25)4-3-13(19(16)24)14-10-26-20-17(18(14)23)22(11-27-20)6-5-12(9-22)31-28-7-8-29-31/h3-4,7-8,10,12H,5-6,9,11,25H2,1-2H3,(H,26,27)/t12-,22-/m1/s1. The molecule has 8 nitrogen and oxygen atoms in total. The summed E-state index contributed by atoms with van der Waals surface area (Å²) in [6.45, 7) is 0.699. The molecule has 1 saturated carbocycles. The molecule has 1 spiro atoms. The minimum Gasteiger partial charge on any atom is -0.398 e. The maximum Gasteiger partial charge on any atom is 0.258 e. The summed E-state index contributed by atoms with van der Waals surface area (Å²) in [6, 6.07) is 3.24. The van der Waals surface area contributed by atoms with Crippen molar-refractivity contribution >= 4 is 29.0 Å². The van der Waals surface area contributed by atoms with Gasteiger partial charge in [0.2, 0.25) is 0 Å². The van der Waals surface area contributed by atoms with Crippen LogP contribution in [-0.2, 0) is 5.41 Å². The van der Waals surface area contributed by atoms with E-state index in [9.17, 15) is 4.79 Å². The fourth-order valence-electron chi connectivity index (χ4n) is 4.97. The van der Waals surface area contributed by atoms with Crippen LogP contribution < -0.4 is 11.1 Å². The van der Waals surface area contributed by atoms with Gasteiger partial charge >= 0.3 is 0 Å². The minimum absolute atomic E-state index is 0.0821. The summed E-state index contributed by atoms with van der Waals surface area (Å²) in [7, 11) is 3.11. The lowest BCUT2D eigenvalue weighted by Crippen LogP contribution is -2.26. The molecule has 0 radical (unpaired) electrons. The molecule has 1 aliphatic carbocycles. The Morgan fingerprint density at radius 3 is 2.78 bits per heavy atom. The molecule has 0 bridgehead atoms. The normalized spacial score (nSPS) is 21.6. The van der Waals surface area contributed by atoms with E-state index >= 15 is 4.39 Å². The van der Waals surface area contributed by atoms with Crippen molar-refractivity contribution in [3.63, 3.8) is 0 Å². The van der Waals surface area contributed by atoms with Crippen LogP contribution in [0.2, 0.25) is 5.02 Å². The van der Waals surface area contributed by atoms with Crippen LogP contribution in [0.3, 0.4) is 0 Å². The first-order chi connectivity index (χ1) is 15.3. The van der Waals surface area contributed by atoms with E-state index in [2.05, 4.69) is 20.5 Å². The molecule has 1 aliphatic heterocycles. The first-order valence-electron chi connectivity index (χ1n) is 10.4. The van der Waals surface area contributed by atoms with E-state index in [4.69, 9.17) is 17.3 Å². The molecule has 2 aromatic heterocycles. The topological polar surface area (TPSA) is 102 Å². The van der Waals surface area contributed by atoms with Gasteiger partial charge in [-0.15, -0.1) is 0 Å². The molecule has 0 saturated heterocycles. The highest BCUT2D eigenvalue weighted by molar-refractivity contribution is 6.34. The number of benzene rings is 1. The first kappa shape index (κ1) is 20.7. The quantitative estimate of drug-likeness (QED) is 0.586. The molecule has 5 rings (SSSR count). The summed E-state index contributed by atoms with van der Waals surface area (Å²) in [4.78, 5) is 20.1. The van der Waals surface area contributed by atoms with Crippen molar-refractivity contribution in [1.29, 1.82) is 0 Å². The maximum atomic E-state index is 15.5. The van der Waals surface area contributed by atoms with E-state index in [0.29, 0.717) is 22.9 Å².